The molecule has 0 heterocycles. The van der Waals surface area contributed by atoms with Crippen molar-refractivity contribution in [3.63, 3.8) is 0 Å². The second-order valence-corrected chi connectivity index (χ2v) is 3.54. The van der Waals surface area contributed by atoms with Crippen molar-refractivity contribution in [1.29, 1.82) is 0 Å². The second kappa shape index (κ2) is 6.18. The predicted molar refractivity (Wildman–Crippen MR) is 63.5 cm³/mol. The van der Waals surface area contributed by atoms with E-state index in [0.717, 1.165) is 5.56 Å². The summed E-state index contributed by atoms with van der Waals surface area (Å²) in [7, 11) is 0. The van der Waals surface area contributed by atoms with Crippen LogP contribution in [0.2, 0.25) is 0 Å². The van der Waals surface area contributed by atoms with Gasteiger partial charge in [0.05, 0.1) is 5.56 Å². The van der Waals surface area contributed by atoms with Crippen LogP contribution in [0.3, 0.4) is 0 Å². The maximum atomic E-state index is 10.8. The fourth-order valence-electron chi connectivity index (χ4n) is 1.28. The van der Waals surface area contributed by atoms with Crippen LogP contribution >= 0.6 is 11.6 Å². The largest absolute Gasteiger partial charge is 0.489 e. The highest BCUT2D eigenvalue weighted by molar-refractivity contribution is 6.18. The summed E-state index contributed by atoms with van der Waals surface area (Å²) in [4.78, 5) is 10.8. The fraction of sp³-hybridized carbons (Fsp3) is 0.250. The van der Waals surface area contributed by atoms with Crippen molar-refractivity contribution in [2.45, 2.75) is 6.42 Å². The minimum atomic E-state index is -0.971. The van der Waals surface area contributed by atoms with Crippen molar-refractivity contribution in [1.82, 2.24) is 0 Å². The number of carboxylic acids is 1. The van der Waals surface area contributed by atoms with Gasteiger partial charge in [0.15, 0.2) is 0 Å². The molecule has 0 fully saturated rings. The van der Waals surface area contributed by atoms with Gasteiger partial charge in [-0.05, 0) is 24.1 Å². The van der Waals surface area contributed by atoms with E-state index in [4.69, 9.17) is 21.4 Å². The smallest absolute Gasteiger partial charge is 0.335 e. The Morgan fingerprint density at radius 3 is 2.88 bits per heavy atom. The Hall–Kier alpha value is -1.48. The van der Waals surface area contributed by atoms with Crippen LogP contribution in [0.5, 0.6) is 5.75 Å². The lowest BCUT2D eigenvalue weighted by atomic mass is 10.1. The third-order valence-electron chi connectivity index (χ3n) is 2.03. The lowest BCUT2D eigenvalue weighted by molar-refractivity contribution is 0.0696. The van der Waals surface area contributed by atoms with Gasteiger partial charge >= 0.3 is 5.97 Å². The number of carboxylic acid groups (broad SMARTS) is 1. The number of halogens is 1. The first-order valence-corrected chi connectivity index (χ1v) is 5.38. The van der Waals surface area contributed by atoms with E-state index in [1.54, 1.807) is 18.2 Å². The highest BCUT2D eigenvalue weighted by atomic mass is 35.5. The maximum absolute atomic E-state index is 10.8. The number of alkyl halides is 1. The van der Waals surface area contributed by atoms with Gasteiger partial charge in [-0.1, -0.05) is 18.7 Å². The van der Waals surface area contributed by atoms with E-state index in [0.29, 0.717) is 24.7 Å². The third kappa shape index (κ3) is 3.28. The van der Waals surface area contributed by atoms with Gasteiger partial charge in [0, 0.05) is 5.88 Å². The van der Waals surface area contributed by atoms with E-state index in [2.05, 4.69) is 6.58 Å². The molecule has 16 heavy (non-hydrogen) atoms. The van der Waals surface area contributed by atoms with E-state index in [-0.39, 0.29) is 5.56 Å². The molecule has 0 aromatic heterocycles. The van der Waals surface area contributed by atoms with Crippen molar-refractivity contribution >= 4 is 17.6 Å². The second-order valence-electron chi connectivity index (χ2n) is 3.17. The number of rotatable bonds is 6. The molecule has 1 aromatic carbocycles. The molecule has 1 rings (SSSR count). The average Bonchev–Trinajstić information content (AvgIpc) is 2.27. The number of ether oxygens (including phenoxy) is 1. The molecule has 0 bridgehead atoms. The van der Waals surface area contributed by atoms with Gasteiger partial charge in [-0.3, -0.25) is 0 Å². The van der Waals surface area contributed by atoms with Crippen LogP contribution in [-0.4, -0.2) is 23.6 Å². The van der Waals surface area contributed by atoms with Crippen LogP contribution in [0.15, 0.2) is 30.9 Å². The average molecular weight is 241 g/mol. The first-order chi connectivity index (χ1) is 7.69. The Morgan fingerprint density at radius 2 is 2.31 bits per heavy atom. The molecule has 1 aromatic rings. The molecule has 0 saturated carbocycles. The molecule has 0 aliphatic carbocycles. The van der Waals surface area contributed by atoms with Crippen LogP contribution in [0.25, 0.3) is 0 Å². The zero-order valence-corrected chi connectivity index (χ0v) is 9.54. The highest BCUT2D eigenvalue weighted by Gasteiger charge is 2.08. The lowest BCUT2D eigenvalue weighted by Crippen LogP contribution is -2.02. The number of benzene rings is 1. The van der Waals surface area contributed by atoms with Crippen molar-refractivity contribution in [3.8, 4) is 5.75 Å². The summed E-state index contributed by atoms with van der Waals surface area (Å²) in [6, 6.07) is 4.78. The molecule has 4 heteroatoms. The lowest BCUT2D eigenvalue weighted by Gasteiger charge is -2.10. The Labute approximate surface area is 99.3 Å². The van der Waals surface area contributed by atoms with Crippen molar-refractivity contribution in [2.75, 3.05) is 12.5 Å². The molecule has 0 atom stereocenters. The summed E-state index contributed by atoms with van der Waals surface area (Å²) >= 11 is 5.65. The van der Waals surface area contributed by atoms with E-state index >= 15 is 0 Å². The van der Waals surface area contributed by atoms with Gasteiger partial charge in [0.25, 0.3) is 0 Å². The molecular formula is C12H13ClO3. The number of carbonyl (C=O) groups is 1. The van der Waals surface area contributed by atoms with Gasteiger partial charge in [-0.15, -0.1) is 11.6 Å². The Balaban J connectivity index is 2.99. The summed E-state index contributed by atoms with van der Waals surface area (Å²) in [5, 5.41) is 8.85. The van der Waals surface area contributed by atoms with Crippen LogP contribution in [-0.2, 0) is 6.42 Å². The topological polar surface area (TPSA) is 46.5 Å². The molecule has 1 N–H and O–H groups in total. The van der Waals surface area contributed by atoms with Crippen molar-refractivity contribution in [2.24, 2.45) is 0 Å². The zero-order valence-electron chi connectivity index (χ0n) is 8.78. The van der Waals surface area contributed by atoms with Crippen LogP contribution < -0.4 is 4.74 Å². The predicted octanol–water partition coefficient (Wildman–Crippen LogP) is 2.73. The third-order valence-corrected chi connectivity index (χ3v) is 2.22. The van der Waals surface area contributed by atoms with Crippen molar-refractivity contribution in [3.05, 3.63) is 42.0 Å². The van der Waals surface area contributed by atoms with E-state index in [1.807, 2.05) is 0 Å². The molecule has 0 unspecified atom stereocenters. The molecular weight excluding hydrogens is 228 g/mol. The summed E-state index contributed by atoms with van der Waals surface area (Å²) < 4.78 is 5.39. The molecule has 0 amide bonds. The summed E-state index contributed by atoms with van der Waals surface area (Å²) in [6.07, 6.45) is 2.26. The Morgan fingerprint density at radius 1 is 1.56 bits per heavy atom. The highest BCUT2D eigenvalue weighted by Crippen LogP contribution is 2.21. The SMILES string of the molecule is C=CCOc1cc(C(=O)O)ccc1CCCl. The zero-order chi connectivity index (χ0) is 12.0. The summed E-state index contributed by atoms with van der Waals surface area (Å²) in [6.45, 7) is 3.89. The molecule has 0 spiro atoms. The molecule has 0 radical (unpaired) electrons. The monoisotopic (exact) mass is 240 g/mol. The quantitative estimate of drug-likeness (QED) is 0.614. The van der Waals surface area contributed by atoms with Crippen LogP contribution in [0.4, 0.5) is 0 Å². The van der Waals surface area contributed by atoms with Gasteiger partial charge in [-0.2, -0.15) is 0 Å². The van der Waals surface area contributed by atoms with Gasteiger partial charge in [0.2, 0.25) is 0 Å². The normalized spacial score (nSPS) is 9.81. The van der Waals surface area contributed by atoms with Crippen LogP contribution in [0.1, 0.15) is 15.9 Å². The van der Waals surface area contributed by atoms with Crippen molar-refractivity contribution < 1.29 is 14.6 Å². The first kappa shape index (κ1) is 12.6. The van der Waals surface area contributed by atoms with Gasteiger partial charge < -0.3 is 9.84 Å². The van der Waals surface area contributed by atoms with Gasteiger partial charge in [0.1, 0.15) is 12.4 Å². The number of aryl methyl sites for hydroxylation is 1. The van der Waals surface area contributed by atoms with E-state index < -0.39 is 5.97 Å². The Kier molecular flexibility index (Phi) is 4.86. The number of aromatic carboxylic acids is 1. The summed E-state index contributed by atoms with van der Waals surface area (Å²) in [5.74, 6) is 0.0537. The van der Waals surface area contributed by atoms with Crippen LogP contribution in [0, 0.1) is 0 Å². The standard InChI is InChI=1S/C12H13ClO3/c1-2-7-16-11-8-10(12(14)15)4-3-9(11)5-6-13/h2-4,8H,1,5-7H2,(H,14,15). The first-order valence-electron chi connectivity index (χ1n) is 4.85. The molecule has 0 saturated heterocycles. The number of hydrogen-bond donors (Lipinski definition) is 1. The molecule has 0 aliphatic rings. The molecule has 3 nitrogen and oxygen atoms in total. The maximum Gasteiger partial charge on any atom is 0.335 e. The Bertz CT molecular complexity index is 388. The number of hydrogen-bond acceptors (Lipinski definition) is 2. The van der Waals surface area contributed by atoms with Gasteiger partial charge in [-0.25, -0.2) is 4.79 Å². The molecule has 86 valence electrons. The summed E-state index contributed by atoms with van der Waals surface area (Å²) in [5.41, 5.74) is 1.11. The van der Waals surface area contributed by atoms with E-state index in [1.165, 1.54) is 6.07 Å². The molecule has 0 aliphatic heterocycles. The van der Waals surface area contributed by atoms with E-state index in [9.17, 15) is 4.79 Å². The minimum Gasteiger partial charge on any atom is -0.489 e. The minimum absolute atomic E-state index is 0.206. The fourth-order valence-corrected chi connectivity index (χ4v) is 1.48.